The van der Waals surface area contributed by atoms with Crippen LogP contribution < -0.4 is 16.3 Å². The highest BCUT2D eigenvalue weighted by molar-refractivity contribution is 8.01. The van der Waals surface area contributed by atoms with Crippen molar-refractivity contribution in [1.82, 2.24) is 19.9 Å². The third-order valence-corrected chi connectivity index (χ3v) is 8.07. The normalized spacial score (nSPS) is 11.1. The molecule has 4 rings (SSSR count). The van der Waals surface area contributed by atoms with Crippen LogP contribution in [-0.2, 0) is 4.79 Å². The maximum atomic E-state index is 12.7. The highest BCUT2D eigenvalue weighted by atomic mass is 35.5. The van der Waals surface area contributed by atoms with E-state index in [1.54, 1.807) is 0 Å². The molecule has 0 aliphatic heterocycles. The van der Waals surface area contributed by atoms with Crippen LogP contribution in [-0.4, -0.2) is 31.5 Å². The number of anilines is 2. The number of carbonyl (C=O) groups is 1. The number of nitrogens with one attached hydrogen (secondary N) is 2. The Morgan fingerprint density at radius 3 is 2.81 bits per heavy atom. The van der Waals surface area contributed by atoms with Crippen molar-refractivity contribution >= 4 is 73.0 Å². The Bertz CT molecular complexity index is 1350. The van der Waals surface area contributed by atoms with Crippen LogP contribution in [0.15, 0.2) is 33.7 Å². The smallest absolute Gasteiger partial charge is 0.281 e. The first-order chi connectivity index (χ1) is 14.8. The summed E-state index contributed by atoms with van der Waals surface area (Å²) in [6.45, 7) is 5.74. The first kappa shape index (κ1) is 21.8. The largest absolute Gasteiger partial charge is 0.330 e. The Hall–Kier alpha value is -2.47. The Morgan fingerprint density at radius 1 is 1.19 bits per heavy atom. The van der Waals surface area contributed by atoms with Gasteiger partial charge in [0.15, 0.2) is 4.34 Å². The maximum Gasteiger partial charge on any atom is 0.281 e. The molecule has 3 aromatic heterocycles. The second-order valence-electron chi connectivity index (χ2n) is 6.62. The van der Waals surface area contributed by atoms with Crippen LogP contribution in [0.3, 0.4) is 0 Å². The molecule has 160 valence electrons. The van der Waals surface area contributed by atoms with E-state index in [0.717, 1.165) is 26.4 Å². The lowest BCUT2D eigenvalue weighted by Gasteiger charge is -2.07. The molecular formula is C19H17ClN6O2S3. The molecule has 4 aromatic rings. The van der Waals surface area contributed by atoms with Gasteiger partial charge in [0.25, 0.3) is 5.56 Å². The van der Waals surface area contributed by atoms with E-state index in [2.05, 4.69) is 25.9 Å². The summed E-state index contributed by atoms with van der Waals surface area (Å²) < 4.78 is 1.75. The summed E-state index contributed by atoms with van der Waals surface area (Å²) in [6, 6.07) is 5.58. The summed E-state index contributed by atoms with van der Waals surface area (Å²) in [6.07, 6.45) is 1.34. The molecule has 12 heteroatoms. The molecule has 0 saturated heterocycles. The quantitative estimate of drug-likeness (QED) is 0.382. The number of nitrogens with zero attached hydrogens (tertiary/aromatic N) is 4. The third kappa shape index (κ3) is 4.59. The van der Waals surface area contributed by atoms with Gasteiger partial charge in [-0.25, -0.2) is 9.66 Å². The number of carbonyl (C=O) groups excluding carboxylic acids is 1. The first-order valence-electron chi connectivity index (χ1n) is 9.09. The van der Waals surface area contributed by atoms with E-state index >= 15 is 0 Å². The molecule has 0 saturated carbocycles. The summed E-state index contributed by atoms with van der Waals surface area (Å²) in [7, 11) is 0. The average molecular weight is 493 g/mol. The number of hydrogen-bond acceptors (Lipinski definition) is 9. The molecule has 31 heavy (non-hydrogen) atoms. The summed E-state index contributed by atoms with van der Waals surface area (Å²) >= 11 is 10.2. The lowest BCUT2D eigenvalue weighted by atomic mass is 10.2. The van der Waals surface area contributed by atoms with Gasteiger partial charge >= 0.3 is 0 Å². The maximum absolute atomic E-state index is 12.7. The topological polar surface area (TPSA) is 102 Å². The van der Waals surface area contributed by atoms with E-state index < -0.39 is 0 Å². The molecule has 1 aromatic carbocycles. The van der Waals surface area contributed by atoms with Gasteiger partial charge in [0.2, 0.25) is 11.0 Å². The van der Waals surface area contributed by atoms with Crippen LogP contribution in [0.5, 0.6) is 0 Å². The monoisotopic (exact) mass is 492 g/mol. The Morgan fingerprint density at radius 2 is 2.00 bits per heavy atom. The van der Waals surface area contributed by atoms with Gasteiger partial charge in [0.1, 0.15) is 11.2 Å². The third-order valence-electron chi connectivity index (χ3n) is 4.58. The van der Waals surface area contributed by atoms with Gasteiger partial charge in [-0.05, 0) is 44.0 Å². The summed E-state index contributed by atoms with van der Waals surface area (Å²) in [4.78, 5) is 31.0. The van der Waals surface area contributed by atoms with E-state index in [0.29, 0.717) is 24.7 Å². The molecule has 0 unspecified atom stereocenters. The molecule has 2 N–H and O–H groups in total. The van der Waals surface area contributed by atoms with Crippen LogP contribution in [0.2, 0.25) is 5.02 Å². The van der Waals surface area contributed by atoms with Crippen molar-refractivity contribution in [3.05, 3.63) is 55.9 Å². The van der Waals surface area contributed by atoms with Crippen molar-refractivity contribution in [1.29, 1.82) is 0 Å². The molecule has 0 aliphatic carbocycles. The molecular weight excluding hydrogens is 476 g/mol. The predicted molar refractivity (Wildman–Crippen MR) is 128 cm³/mol. The molecule has 0 radical (unpaired) electrons. The minimum atomic E-state index is -0.340. The van der Waals surface area contributed by atoms with E-state index in [9.17, 15) is 9.59 Å². The van der Waals surface area contributed by atoms with Gasteiger partial charge in [-0.3, -0.25) is 15.0 Å². The summed E-state index contributed by atoms with van der Waals surface area (Å²) in [5.74, 6) is -0.259. The Kier molecular flexibility index (Phi) is 6.28. The van der Waals surface area contributed by atoms with E-state index in [4.69, 9.17) is 11.6 Å². The van der Waals surface area contributed by atoms with E-state index in [1.165, 1.54) is 40.8 Å². The molecule has 0 spiro atoms. The zero-order valence-electron chi connectivity index (χ0n) is 16.7. The van der Waals surface area contributed by atoms with Crippen molar-refractivity contribution in [2.24, 2.45) is 0 Å². The van der Waals surface area contributed by atoms with Gasteiger partial charge in [-0.1, -0.05) is 40.8 Å². The summed E-state index contributed by atoms with van der Waals surface area (Å²) in [5, 5.41) is 13.2. The van der Waals surface area contributed by atoms with E-state index in [-0.39, 0.29) is 17.2 Å². The highest BCUT2D eigenvalue weighted by Crippen LogP contribution is 2.30. The number of aryl methyl sites for hydroxylation is 2. The van der Waals surface area contributed by atoms with Gasteiger partial charge in [-0.2, -0.15) is 0 Å². The zero-order chi connectivity index (χ0) is 22.1. The minimum Gasteiger partial charge on any atom is -0.330 e. The molecule has 0 fully saturated rings. The number of hydrogen-bond donors (Lipinski definition) is 2. The van der Waals surface area contributed by atoms with Crippen molar-refractivity contribution in [2.45, 2.75) is 25.1 Å². The minimum absolute atomic E-state index is 0.0803. The SMILES string of the molecule is Cc1sc2ncn(NC(=O)CSc3nnc(Nc4cccc(Cl)c4C)s3)c(=O)c2c1C. The molecule has 0 bridgehead atoms. The van der Waals surface area contributed by atoms with Crippen molar-refractivity contribution in [2.75, 3.05) is 16.5 Å². The van der Waals surface area contributed by atoms with Crippen LogP contribution in [0.25, 0.3) is 10.2 Å². The molecule has 0 aliphatic rings. The fourth-order valence-electron chi connectivity index (χ4n) is 2.79. The Balaban J connectivity index is 1.39. The van der Waals surface area contributed by atoms with Crippen LogP contribution in [0, 0.1) is 20.8 Å². The first-order valence-corrected chi connectivity index (χ1v) is 12.1. The number of thioether (sulfide) groups is 1. The van der Waals surface area contributed by atoms with Crippen molar-refractivity contribution in [3.63, 3.8) is 0 Å². The number of halogens is 1. The molecule has 3 heterocycles. The highest BCUT2D eigenvalue weighted by Gasteiger charge is 2.14. The fraction of sp³-hybridized carbons (Fsp3) is 0.211. The van der Waals surface area contributed by atoms with Crippen molar-refractivity contribution < 1.29 is 4.79 Å². The van der Waals surface area contributed by atoms with Gasteiger partial charge in [0, 0.05) is 15.6 Å². The lowest BCUT2D eigenvalue weighted by molar-refractivity contribution is -0.114. The number of amides is 1. The molecule has 1 amide bonds. The second kappa shape index (κ2) is 8.95. The van der Waals surface area contributed by atoms with Crippen LogP contribution in [0.1, 0.15) is 16.0 Å². The predicted octanol–water partition coefficient (Wildman–Crippen LogP) is 4.49. The standard InChI is InChI=1S/C19H17ClN6O2S3/c1-9-11(3)30-16-15(9)17(28)26(8-21-16)25-14(27)7-29-19-24-23-18(31-19)22-13-6-4-5-12(20)10(13)2/h4-6,8H,7H2,1-3H3,(H,22,23)(H,25,27). The van der Waals surface area contributed by atoms with Crippen LogP contribution >= 0.6 is 46.0 Å². The van der Waals surface area contributed by atoms with Gasteiger partial charge < -0.3 is 5.32 Å². The number of benzene rings is 1. The van der Waals surface area contributed by atoms with E-state index in [1.807, 2.05) is 39.0 Å². The summed E-state index contributed by atoms with van der Waals surface area (Å²) in [5.41, 5.74) is 4.95. The van der Waals surface area contributed by atoms with Gasteiger partial charge in [-0.15, -0.1) is 21.5 Å². The molecule has 0 atom stereocenters. The van der Waals surface area contributed by atoms with Crippen LogP contribution in [0.4, 0.5) is 10.8 Å². The lowest BCUT2D eigenvalue weighted by Crippen LogP contribution is -2.34. The number of aromatic nitrogens is 4. The second-order valence-corrected chi connectivity index (χ2v) is 10.4. The zero-order valence-corrected chi connectivity index (χ0v) is 19.9. The molecule has 8 nitrogen and oxygen atoms in total. The van der Waals surface area contributed by atoms with Gasteiger partial charge in [0.05, 0.1) is 11.1 Å². The average Bonchev–Trinajstić information content (AvgIpc) is 3.30. The number of rotatable bonds is 6. The fourth-order valence-corrected chi connectivity index (χ4v) is 5.50. The van der Waals surface area contributed by atoms with Crippen molar-refractivity contribution in [3.8, 4) is 0 Å². The Labute approximate surface area is 194 Å². The number of fused-ring (bicyclic) bond motifs is 1. The number of thiophene rings is 1.